The highest BCUT2D eigenvalue weighted by atomic mass is 16.5. The average molecular weight is 183 g/mol. The van der Waals surface area contributed by atoms with E-state index in [9.17, 15) is 0 Å². The van der Waals surface area contributed by atoms with E-state index in [1.807, 2.05) is 0 Å². The molecule has 2 nitrogen and oxygen atoms in total. The summed E-state index contributed by atoms with van der Waals surface area (Å²) >= 11 is 0. The van der Waals surface area contributed by atoms with Gasteiger partial charge in [-0.25, -0.2) is 0 Å². The molecule has 2 rings (SSSR count). The second-order valence-electron chi connectivity index (χ2n) is 4.36. The van der Waals surface area contributed by atoms with E-state index in [1.165, 1.54) is 44.9 Å². The molecule has 13 heavy (non-hydrogen) atoms. The predicted molar refractivity (Wildman–Crippen MR) is 53.8 cm³/mol. The van der Waals surface area contributed by atoms with Crippen molar-refractivity contribution in [2.24, 2.45) is 0 Å². The Morgan fingerprint density at radius 2 is 1.77 bits per heavy atom. The molecule has 2 aliphatic rings. The normalized spacial score (nSPS) is 24.9. The summed E-state index contributed by atoms with van der Waals surface area (Å²) in [6.07, 6.45) is 10.1. The van der Waals surface area contributed by atoms with Gasteiger partial charge < -0.3 is 10.1 Å². The van der Waals surface area contributed by atoms with Gasteiger partial charge in [0, 0.05) is 12.6 Å². The fraction of sp³-hybridized carbons (Fsp3) is 1.00. The van der Waals surface area contributed by atoms with Crippen LogP contribution in [0.5, 0.6) is 0 Å². The minimum atomic E-state index is 0.586. The van der Waals surface area contributed by atoms with Gasteiger partial charge in [0.2, 0.25) is 0 Å². The van der Waals surface area contributed by atoms with E-state index in [0.717, 1.165) is 19.2 Å². The Labute approximate surface area is 81.0 Å². The Morgan fingerprint density at radius 1 is 1.00 bits per heavy atom. The van der Waals surface area contributed by atoms with Crippen molar-refractivity contribution >= 4 is 0 Å². The summed E-state index contributed by atoms with van der Waals surface area (Å²) in [7, 11) is 0. The minimum absolute atomic E-state index is 0.586. The van der Waals surface area contributed by atoms with Crippen LogP contribution in [-0.4, -0.2) is 25.3 Å². The lowest BCUT2D eigenvalue weighted by molar-refractivity contribution is 0.0577. The number of hydrogen-bond donors (Lipinski definition) is 1. The largest absolute Gasteiger partial charge is 0.377 e. The van der Waals surface area contributed by atoms with Crippen LogP contribution in [0.4, 0.5) is 0 Å². The van der Waals surface area contributed by atoms with Gasteiger partial charge in [0.1, 0.15) is 0 Å². The highest BCUT2D eigenvalue weighted by Gasteiger charge is 2.17. The molecule has 0 atom stereocenters. The predicted octanol–water partition coefficient (Wildman–Crippen LogP) is 2.09. The van der Waals surface area contributed by atoms with E-state index >= 15 is 0 Å². The fourth-order valence-electron chi connectivity index (χ4n) is 2.16. The van der Waals surface area contributed by atoms with Gasteiger partial charge in [-0.1, -0.05) is 19.3 Å². The molecule has 0 heterocycles. The molecule has 2 heteroatoms. The van der Waals surface area contributed by atoms with Crippen LogP contribution in [0.25, 0.3) is 0 Å². The molecular weight excluding hydrogens is 162 g/mol. The molecule has 2 saturated carbocycles. The third-order valence-electron chi connectivity index (χ3n) is 3.30. The third kappa shape index (κ3) is 2.96. The van der Waals surface area contributed by atoms with Gasteiger partial charge in [-0.05, 0) is 25.7 Å². The fourth-order valence-corrected chi connectivity index (χ4v) is 2.16. The Morgan fingerprint density at radius 3 is 2.38 bits per heavy atom. The van der Waals surface area contributed by atoms with Crippen LogP contribution in [0, 0.1) is 0 Å². The van der Waals surface area contributed by atoms with Crippen LogP contribution in [0.3, 0.4) is 0 Å². The first-order valence-corrected chi connectivity index (χ1v) is 5.80. The minimum Gasteiger partial charge on any atom is -0.377 e. The lowest BCUT2D eigenvalue weighted by Crippen LogP contribution is -2.37. The van der Waals surface area contributed by atoms with E-state index in [2.05, 4.69) is 5.32 Å². The van der Waals surface area contributed by atoms with Crippen LogP contribution in [-0.2, 0) is 4.74 Å². The zero-order chi connectivity index (χ0) is 8.93. The Kier molecular flexibility index (Phi) is 3.62. The highest BCUT2D eigenvalue weighted by molar-refractivity contribution is 4.76. The summed E-state index contributed by atoms with van der Waals surface area (Å²) in [5, 5.41) is 3.52. The summed E-state index contributed by atoms with van der Waals surface area (Å²) in [5.41, 5.74) is 0. The van der Waals surface area contributed by atoms with Crippen LogP contribution in [0.15, 0.2) is 0 Å². The van der Waals surface area contributed by atoms with Crippen molar-refractivity contribution in [3.63, 3.8) is 0 Å². The maximum Gasteiger partial charge on any atom is 0.0594 e. The zero-order valence-electron chi connectivity index (χ0n) is 8.43. The molecule has 0 aromatic heterocycles. The van der Waals surface area contributed by atoms with Gasteiger partial charge >= 0.3 is 0 Å². The van der Waals surface area contributed by atoms with E-state index in [4.69, 9.17) is 4.74 Å². The molecule has 0 radical (unpaired) electrons. The Balaban J connectivity index is 1.43. The van der Waals surface area contributed by atoms with Crippen molar-refractivity contribution in [3.05, 3.63) is 0 Å². The lowest BCUT2D eigenvalue weighted by atomic mass is 9.93. The van der Waals surface area contributed by atoms with E-state index in [-0.39, 0.29) is 0 Å². The van der Waals surface area contributed by atoms with E-state index in [0.29, 0.717) is 6.10 Å². The van der Waals surface area contributed by atoms with Crippen LogP contribution in [0.1, 0.15) is 44.9 Å². The summed E-state index contributed by atoms with van der Waals surface area (Å²) in [6.45, 7) is 1.97. The molecule has 2 fully saturated rings. The maximum atomic E-state index is 5.76. The van der Waals surface area contributed by atoms with Crippen molar-refractivity contribution in [1.29, 1.82) is 0 Å². The van der Waals surface area contributed by atoms with Crippen molar-refractivity contribution in [2.75, 3.05) is 13.2 Å². The summed E-state index contributed by atoms with van der Waals surface area (Å²) in [4.78, 5) is 0. The molecule has 0 saturated heterocycles. The topological polar surface area (TPSA) is 21.3 Å². The molecule has 0 aromatic carbocycles. The van der Waals surface area contributed by atoms with Crippen molar-refractivity contribution in [2.45, 2.75) is 57.1 Å². The summed E-state index contributed by atoms with van der Waals surface area (Å²) in [5.74, 6) is 0. The van der Waals surface area contributed by atoms with Gasteiger partial charge in [0.15, 0.2) is 0 Å². The first-order chi connectivity index (χ1) is 6.45. The second-order valence-corrected chi connectivity index (χ2v) is 4.36. The summed E-state index contributed by atoms with van der Waals surface area (Å²) in [6, 6.07) is 0.812. The number of hydrogen-bond acceptors (Lipinski definition) is 2. The molecule has 0 bridgehead atoms. The van der Waals surface area contributed by atoms with E-state index in [1.54, 1.807) is 0 Å². The number of rotatable bonds is 5. The van der Waals surface area contributed by atoms with Crippen LogP contribution in [0.2, 0.25) is 0 Å². The zero-order valence-corrected chi connectivity index (χ0v) is 8.43. The molecule has 0 amide bonds. The third-order valence-corrected chi connectivity index (χ3v) is 3.30. The standard InChI is InChI=1S/C11H21NO/c1-2-7-11(6-1)13-9-8-12-10-4-3-5-10/h10-12H,1-9H2. The van der Waals surface area contributed by atoms with Gasteiger partial charge in [-0.3, -0.25) is 0 Å². The van der Waals surface area contributed by atoms with Gasteiger partial charge in [0.05, 0.1) is 12.7 Å². The van der Waals surface area contributed by atoms with Crippen molar-refractivity contribution < 1.29 is 4.74 Å². The molecule has 1 N–H and O–H groups in total. The van der Waals surface area contributed by atoms with Crippen molar-refractivity contribution in [3.8, 4) is 0 Å². The Hall–Kier alpha value is -0.0800. The summed E-state index contributed by atoms with van der Waals surface area (Å²) < 4.78 is 5.76. The highest BCUT2D eigenvalue weighted by Crippen LogP contribution is 2.21. The monoisotopic (exact) mass is 183 g/mol. The molecule has 76 valence electrons. The van der Waals surface area contributed by atoms with Gasteiger partial charge in [0.25, 0.3) is 0 Å². The van der Waals surface area contributed by atoms with Crippen molar-refractivity contribution in [1.82, 2.24) is 5.32 Å². The smallest absolute Gasteiger partial charge is 0.0594 e. The first-order valence-electron chi connectivity index (χ1n) is 5.80. The number of ether oxygens (including phenoxy) is 1. The first kappa shape index (κ1) is 9.47. The average Bonchev–Trinajstić information content (AvgIpc) is 2.53. The lowest BCUT2D eigenvalue weighted by Gasteiger charge is -2.26. The van der Waals surface area contributed by atoms with Gasteiger partial charge in [-0.2, -0.15) is 0 Å². The molecular formula is C11H21NO. The van der Waals surface area contributed by atoms with E-state index < -0.39 is 0 Å². The Bertz CT molecular complexity index is 139. The molecule has 2 aliphatic carbocycles. The van der Waals surface area contributed by atoms with Gasteiger partial charge in [-0.15, -0.1) is 0 Å². The van der Waals surface area contributed by atoms with Crippen LogP contribution < -0.4 is 5.32 Å². The van der Waals surface area contributed by atoms with Crippen LogP contribution >= 0.6 is 0 Å². The molecule has 0 spiro atoms. The maximum absolute atomic E-state index is 5.76. The molecule has 0 aromatic rings. The quantitative estimate of drug-likeness (QED) is 0.659. The molecule has 0 aliphatic heterocycles. The second kappa shape index (κ2) is 4.97. The SMILES string of the molecule is C1CC(NCCOC2CCCC2)C1. The number of nitrogens with one attached hydrogen (secondary N) is 1. The molecule has 0 unspecified atom stereocenters.